The summed E-state index contributed by atoms with van der Waals surface area (Å²) in [6, 6.07) is 14.6. The van der Waals surface area contributed by atoms with Gasteiger partial charge in [-0.15, -0.1) is 0 Å². The summed E-state index contributed by atoms with van der Waals surface area (Å²) >= 11 is 0. The number of hydrogen-bond acceptors (Lipinski definition) is 4. The Kier molecular flexibility index (Phi) is 8.35. The summed E-state index contributed by atoms with van der Waals surface area (Å²) in [6.45, 7) is 7.20. The van der Waals surface area contributed by atoms with Gasteiger partial charge >= 0.3 is 11.9 Å². The monoisotopic (exact) mass is 388 g/mol. The highest BCUT2D eigenvalue weighted by Gasteiger charge is 2.39. The first kappa shape index (κ1) is 23.3. The van der Waals surface area contributed by atoms with E-state index in [-0.39, 0.29) is 11.5 Å². The van der Waals surface area contributed by atoms with E-state index < -0.39 is 29.6 Å². The molecule has 0 aliphatic carbocycles. The molecule has 0 amide bonds. The minimum atomic E-state index is -1.08. The first-order valence-corrected chi connectivity index (χ1v) is 8.96. The number of aliphatic hydroxyl groups excluding tert-OH is 2. The van der Waals surface area contributed by atoms with E-state index in [1.165, 1.54) is 6.07 Å². The van der Waals surface area contributed by atoms with Crippen LogP contribution in [0.1, 0.15) is 60.1 Å². The molecule has 2 aromatic rings. The summed E-state index contributed by atoms with van der Waals surface area (Å²) in [6.07, 6.45) is -1.78. The van der Waals surface area contributed by atoms with Crippen molar-refractivity contribution in [3.63, 3.8) is 0 Å². The normalized spacial score (nSPS) is 13.2. The first-order valence-electron chi connectivity index (χ1n) is 8.96. The van der Waals surface area contributed by atoms with Gasteiger partial charge in [0, 0.05) is 5.41 Å². The van der Waals surface area contributed by atoms with E-state index in [2.05, 4.69) is 0 Å². The Morgan fingerprint density at radius 3 is 1.75 bits per heavy atom. The van der Waals surface area contributed by atoms with Crippen molar-refractivity contribution in [2.24, 2.45) is 11.3 Å². The SMILES string of the molecule is CC(C)C(O)C(C)(C)C(O)c1ccccc1C(=O)O.O=C(O)c1ccccc1. The van der Waals surface area contributed by atoms with Crippen molar-refractivity contribution in [3.05, 3.63) is 71.3 Å². The zero-order valence-corrected chi connectivity index (χ0v) is 16.5. The summed E-state index contributed by atoms with van der Waals surface area (Å²) in [5.74, 6) is -1.98. The topological polar surface area (TPSA) is 115 Å². The fourth-order valence-electron chi connectivity index (χ4n) is 2.93. The molecule has 6 heteroatoms. The Morgan fingerprint density at radius 2 is 1.32 bits per heavy atom. The Bertz CT molecular complexity index is 783. The molecule has 2 rings (SSSR count). The molecule has 28 heavy (non-hydrogen) atoms. The second-order valence-corrected chi connectivity index (χ2v) is 7.48. The molecule has 2 atom stereocenters. The highest BCUT2D eigenvalue weighted by Crippen LogP contribution is 2.40. The summed E-state index contributed by atoms with van der Waals surface area (Å²) in [5, 5.41) is 38.2. The molecule has 0 saturated carbocycles. The molecule has 2 unspecified atom stereocenters. The summed E-state index contributed by atoms with van der Waals surface area (Å²) in [4.78, 5) is 21.4. The molecule has 0 heterocycles. The van der Waals surface area contributed by atoms with Crippen LogP contribution in [0.2, 0.25) is 0 Å². The lowest BCUT2D eigenvalue weighted by molar-refractivity contribution is -0.0698. The lowest BCUT2D eigenvalue weighted by atomic mass is 9.73. The molecule has 6 nitrogen and oxygen atoms in total. The zero-order valence-electron chi connectivity index (χ0n) is 16.5. The van der Waals surface area contributed by atoms with Gasteiger partial charge in [0.2, 0.25) is 0 Å². The van der Waals surface area contributed by atoms with Gasteiger partial charge in [-0.25, -0.2) is 9.59 Å². The van der Waals surface area contributed by atoms with Gasteiger partial charge in [0.25, 0.3) is 0 Å². The van der Waals surface area contributed by atoms with E-state index >= 15 is 0 Å². The van der Waals surface area contributed by atoms with Gasteiger partial charge in [-0.3, -0.25) is 0 Å². The maximum atomic E-state index is 11.2. The van der Waals surface area contributed by atoms with Crippen molar-refractivity contribution in [1.82, 2.24) is 0 Å². The van der Waals surface area contributed by atoms with Gasteiger partial charge in [0.05, 0.1) is 23.3 Å². The second-order valence-electron chi connectivity index (χ2n) is 7.48. The van der Waals surface area contributed by atoms with Crippen LogP contribution in [0.3, 0.4) is 0 Å². The summed E-state index contributed by atoms with van der Waals surface area (Å²) < 4.78 is 0. The maximum Gasteiger partial charge on any atom is 0.336 e. The minimum absolute atomic E-state index is 0.0263. The molecule has 0 fully saturated rings. The maximum absolute atomic E-state index is 11.2. The number of hydrogen-bond donors (Lipinski definition) is 4. The zero-order chi connectivity index (χ0) is 21.5. The summed E-state index contributed by atoms with van der Waals surface area (Å²) in [7, 11) is 0. The van der Waals surface area contributed by atoms with E-state index in [4.69, 9.17) is 10.2 Å². The fraction of sp³-hybridized carbons (Fsp3) is 0.364. The molecule has 152 valence electrons. The third kappa shape index (κ3) is 5.90. The Labute approximate surface area is 165 Å². The molecule has 2 aromatic carbocycles. The molecular weight excluding hydrogens is 360 g/mol. The van der Waals surface area contributed by atoms with E-state index in [0.717, 1.165) is 0 Å². The quantitative estimate of drug-likeness (QED) is 0.597. The largest absolute Gasteiger partial charge is 0.478 e. The standard InChI is InChI=1S/C15H22O4.C7H6O2/c1-9(2)12(16)15(3,4)13(17)10-7-5-6-8-11(10)14(18)19;8-7(9)6-4-2-1-3-5-6/h5-9,12-13,16-17H,1-4H3,(H,18,19);1-5H,(H,8,9). The van der Waals surface area contributed by atoms with Crippen molar-refractivity contribution in [3.8, 4) is 0 Å². The Morgan fingerprint density at radius 1 is 0.821 bits per heavy atom. The minimum Gasteiger partial charge on any atom is -0.478 e. The number of aliphatic hydroxyl groups is 2. The highest BCUT2D eigenvalue weighted by atomic mass is 16.4. The van der Waals surface area contributed by atoms with Crippen molar-refractivity contribution in [2.45, 2.75) is 39.9 Å². The molecule has 0 bridgehead atoms. The number of aromatic carboxylic acids is 2. The van der Waals surface area contributed by atoms with Crippen LogP contribution in [0.25, 0.3) is 0 Å². The van der Waals surface area contributed by atoms with Gasteiger partial charge in [-0.2, -0.15) is 0 Å². The number of carboxylic acid groups (broad SMARTS) is 2. The van der Waals surface area contributed by atoms with Crippen LogP contribution in [0.5, 0.6) is 0 Å². The Balaban J connectivity index is 0.000000362. The van der Waals surface area contributed by atoms with Crippen LogP contribution in [0.15, 0.2) is 54.6 Å². The predicted molar refractivity (Wildman–Crippen MR) is 106 cm³/mol. The van der Waals surface area contributed by atoms with Crippen LogP contribution in [0.4, 0.5) is 0 Å². The number of carbonyl (C=O) groups is 2. The van der Waals surface area contributed by atoms with Crippen LogP contribution >= 0.6 is 0 Å². The predicted octanol–water partition coefficient (Wildman–Crippen LogP) is 3.85. The average molecular weight is 388 g/mol. The smallest absolute Gasteiger partial charge is 0.336 e. The van der Waals surface area contributed by atoms with E-state index in [9.17, 15) is 19.8 Å². The lowest BCUT2D eigenvalue weighted by Crippen LogP contribution is -2.39. The van der Waals surface area contributed by atoms with E-state index in [1.54, 1.807) is 62.4 Å². The molecule has 4 N–H and O–H groups in total. The lowest BCUT2D eigenvalue weighted by Gasteiger charge is -2.38. The van der Waals surface area contributed by atoms with Gasteiger partial charge in [-0.05, 0) is 29.7 Å². The molecule has 0 aromatic heterocycles. The van der Waals surface area contributed by atoms with E-state index in [1.807, 2.05) is 13.8 Å². The Hall–Kier alpha value is -2.70. The second kappa shape index (κ2) is 10.0. The van der Waals surface area contributed by atoms with Crippen LogP contribution in [-0.2, 0) is 0 Å². The van der Waals surface area contributed by atoms with Crippen molar-refractivity contribution >= 4 is 11.9 Å². The first-order chi connectivity index (χ1) is 13.0. The van der Waals surface area contributed by atoms with Gasteiger partial charge < -0.3 is 20.4 Å². The molecule has 0 aliphatic rings. The molecule has 0 radical (unpaired) electrons. The number of benzene rings is 2. The molecular formula is C22H28O6. The van der Waals surface area contributed by atoms with Crippen molar-refractivity contribution < 1.29 is 30.0 Å². The van der Waals surface area contributed by atoms with Crippen LogP contribution in [0, 0.1) is 11.3 Å². The molecule has 0 spiro atoms. The third-order valence-corrected chi connectivity index (χ3v) is 4.61. The number of rotatable bonds is 6. The molecule has 0 aliphatic heterocycles. The van der Waals surface area contributed by atoms with Crippen LogP contribution in [-0.4, -0.2) is 38.5 Å². The van der Waals surface area contributed by atoms with Gasteiger partial charge in [0.1, 0.15) is 0 Å². The third-order valence-electron chi connectivity index (χ3n) is 4.61. The van der Waals surface area contributed by atoms with Crippen LogP contribution < -0.4 is 0 Å². The van der Waals surface area contributed by atoms with Crippen molar-refractivity contribution in [1.29, 1.82) is 0 Å². The molecule has 0 saturated heterocycles. The van der Waals surface area contributed by atoms with Crippen molar-refractivity contribution in [2.75, 3.05) is 0 Å². The van der Waals surface area contributed by atoms with E-state index in [0.29, 0.717) is 11.1 Å². The van der Waals surface area contributed by atoms with Gasteiger partial charge in [0.15, 0.2) is 0 Å². The number of carboxylic acids is 2. The summed E-state index contributed by atoms with van der Waals surface area (Å²) in [5.41, 5.74) is -0.101. The van der Waals surface area contributed by atoms with Gasteiger partial charge in [-0.1, -0.05) is 64.1 Å². The fourth-order valence-corrected chi connectivity index (χ4v) is 2.93. The highest BCUT2D eigenvalue weighted by molar-refractivity contribution is 5.89. The average Bonchev–Trinajstić information content (AvgIpc) is 2.67.